The van der Waals surface area contributed by atoms with Crippen molar-refractivity contribution in [2.24, 2.45) is 0 Å². The average Bonchev–Trinajstić information content (AvgIpc) is 2.78. The Hall–Kier alpha value is -2.02. The van der Waals surface area contributed by atoms with Gasteiger partial charge in [0, 0.05) is 21.8 Å². The van der Waals surface area contributed by atoms with Gasteiger partial charge in [0.15, 0.2) is 0 Å². The van der Waals surface area contributed by atoms with Crippen LogP contribution >= 0.6 is 0 Å². The van der Waals surface area contributed by atoms with Crippen LogP contribution in [-0.4, -0.2) is 4.98 Å². The summed E-state index contributed by atoms with van der Waals surface area (Å²) in [4.78, 5) is 3.47. The molecule has 2 aromatic carbocycles. The van der Waals surface area contributed by atoms with Crippen LogP contribution in [0.4, 0.5) is 0 Å². The highest BCUT2D eigenvalue weighted by atomic mass is 14.7. The minimum absolute atomic E-state index is 1.14. The summed E-state index contributed by atoms with van der Waals surface area (Å²) < 4.78 is 0. The van der Waals surface area contributed by atoms with E-state index in [1.54, 1.807) is 0 Å². The molecule has 3 aromatic rings. The smallest absolute Gasteiger partial charge is 0.0470 e. The van der Waals surface area contributed by atoms with Gasteiger partial charge in [0.05, 0.1) is 0 Å². The van der Waals surface area contributed by atoms with Gasteiger partial charge in [0.1, 0.15) is 0 Å². The lowest BCUT2D eigenvalue weighted by Crippen LogP contribution is -1.75. The third-order valence-electron chi connectivity index (χ3n) is 3.32. The van der Waals surface area contributed by atoms with Gasteiger partial charge >= 0.3 is 0 Å². The van der Waals surface area contributed by atoms with Crippen molar-refractivity contribution >= 4 is 27.9 Å². The molecule has 1 heteroatoms. The zero-order chi connectivity index (χ0) is 12.4. The Morgan fingerprint density at radius 3 is 2.72 bits per heavy atom. The molecule has 0 aliphatic heterocycles. The van der Waals surface area contributed by atoms with Crippen molar-refractivity contribution in [2.45, 2.75) is 19.8 Å². The molecule has 1 aromatic heterocycles. The van der Waals surface area contributed by atoms with Gasteiger partial charge in [0.2, 0.25) is 0 Å². The number of rotatable bonds is 3. The molecule has 0 aliphatic carbocycles. The fraction of sp³-hybridized carbons (Fsp3) is 0.176. The summed E-state index contributed by atoms with van der Waals surface area (Å²) in [5, 5.41) is 2.64. The Morgan fingerprint density at radius 2 is 1.83 bits per heavy atom. The quantitative estimate of drug-likeness (QED) is 0.647. The maximum Gasteiger partial charge on any atom is 0.0470 e. The molecule has 0 saturated heterocycles. The molecule has 0 bridgehead atoms. The van der Waals surface area contributed by atoms with Crippen molar-refractivity contribution in [1.29, 1.82) is 0 Å². The van der Waals surface area contributed by atoms with Gasteiger partial charge in [-0.2, -0.15) is 0 Å². The van der Waals surface area contributed by atoms with Crippen LogP contribution in [-0.2, 0) is 0 Å². The summed E-state index contributed by atoms with van der Waals surface area (Å²) in [6.07, 6.45) is 6.84. The first-order valence-electron chi connectivity index (χ1n) is 6.56. The second-order valence-electron chi connectivity index (χ2n) is 4.63. The summed E-state index contributed by atoms with van der Waals surface area (Å²) in [6.45, 7) is 2.20. The molecule has 18 heavy (non-hydrogen) atoms. The van der Waals surface area contributed by atoms with E-state index in [2.05, 4.69) is 66.5 Å². The van der Waals surface area contributed by atoms with E-state index in [9.17, 15) is 0 Å². The monoisotopic (exact) mass is 235 g/mol. The highest BCUT2D eigenvalue weighted by Crippen LogP contribution is 2.28. The Morgan fingerprint density at radius 1 is 1.00 bits per heavy atom. The van der Waals surface area contributed by atoms with Crippen LogP contribution in [0.1, 0.15) is 25.3 Å². The van der Waals surface area contributed by atoms with E-state index in [0.717, 1.165) is 6.42 Å². The molecule has 0 aliphatic rings. The Bertz CT molecular complexity index is 704. The van der Waals surface area contributed by atoms with Crippen LogP contribution in [0.15, 0.2) is 48.5 Å². The fourth-order valence-electron chi connectivity index (χ4n) is 2.45. The van der Waals surface area contributed by atoms with Crippen LogP contribution in [0, 0.1) is 0 Å². The molecule has 3 rings (SSSR count). The molecular weight excluding hydrogens is 218 g/mol. The second kappa shape index (κ2) is 4.69. The molecule has 0 amide bonds. The number of para-hydroxylation sites is 1. The number of benzene rings is 2. The number of unbranched alkanes of at least 4 members (excludes halogenated alkanes) is 1. The molecule has 1 heterocycles. The first-order chi connectivity index (χ1) is 8.90. The van der Waals surface area contributed by atoms with E-state index in [4.69, 9.17) is 0 Å². The zero-order valence-corrected chi connectivity index (χ0v) is 10.6. The highest BCUT2D eigenvalue weighted by Gasteiger charge is 2.05. The standard InChI is InChI=1S/C17H17N/c1-2-3-4-8-13-9-7-12-16-17(13)14-10-5-6-11-15(14)18-16/h4-12,18H,2-3H2,1H3. The summed E-state index contributed by atoms with van der Waals surface area (Å²) in [5.74, 6) is 0. The van der Waals surface area contributed by atoms with E-state index in [0.29, 0.717) is 0 Å². The normalized spacial score (nSPS) is 11.8. The van der Waals surface area contributed by atoms with Crippen LogP contribution < -0.4 is 0 Å². The maximum absolute atomic E-state index is 3.47. The SMILES string of the molecule is CCCC=Cc1cccc2[nH]c3ccccc3c12. The largest absolute Gasteiger partial charge is 0.354 e. The number of hydrogen-bond acceptors (Lipinski definition) is 0. The van der Waals surface area contributed by atoms with Crippen molar-refractivity contribution < 1.29 is 0 Å². The zero-order valence-electron chi connectivity index (χ0n) is 10.6. The van der Waals surface area contributed by atoms with Crippen molar-refractivity contribution in [1.82, 2.24) is 4.98 Å². The molecule has 1 N–H and O–H groups in total. The van der Waals surface area contributed by atoms with Crippen LogP contribution in [0.2, 0.25) is 0 Å². The van der Waals surface area contributed by atoms with E-state index in [1.165, 1.54) is 33.8 Å². The van der Waals surface area contributed by atoms with E-state index in [-0.39, 0.29) is 0 Å². The van der Waals surface area contributed by atoms with E-state index in [1.807, 2.05) is 0 Å². The van der Waals surface area contributed by atoms with Gasteiger partial charge in [-0.3, -0.25) is 0 Å². The number of nitrogens with one attached hydrogen (secondary N) is 1. The van der Waals surface area contributed by atoms with Gasteiger partial charge in [-0.05, 0) is 24.1 Å². The minimum atomic E-state index is 1.14. The van der Waals surface area contributed by atoms with Crippen LogP contribution in [0.3, 0.4) is 0 Å². The van der Waals surface area contributed by atoms with Gasteiger partial charge in [-0.25, -0.2) is 0 Å². The van der Waals surface area contributed by atoms with Gasteiger partial charge in [0.25, 0.3) is 0 Å². The third-order valence-corrected chi connectivity index (χ3v) is 3.32. The highest BCUT2D eigenvalue weighted by molar-refractivity contribution is 6.10. The summed E-state index contributed by atoms with van der Waals surface area (Å²) in [5.41, 5.74) is 3.73. The first-order valence-corrected chi connectivity index (χ1v) is 6.56. The molecule has 90 valence electrons. The van der Waals surface area contributed by atoms with E-state index >= 15 is 0 Å². The molecule has 0 unspecified atom stereocenters. The van der Waals surface area contributed by atoms with Crippen molar-refractivity contribution in [3.8, 4) is 0 Å². The van der Waals surface area contributed by atoms with Crippen molar-refractivity contribution in [2.75, 3.05) is 0 Å². The average molecular weight is 235 g/mol. The minimum Gasteiger partial charge on any atom is -0.354 e. The van der Waals surface area contributed by atoms with Gasteiger partial charge in [-0.1, -0.05) is 55.8 Å². The van der Waals surface area contributed by atoms with Crippen LogP contribution in [0.5, 0.6) is 0 Å². The molecule has 0 spiro atoms. The predicted octanol–water partition coefficient (Wildman–Crippen LogP) is 5.13. The maximum atomic E-state index is 3.47. The Balaban J connectivity index is 2.25. The molecular formula is C17H17N. The number of aromatic amines is 1. The number of aromatic nitrogens is 1. The summed E-state index contributed by atoms with van der Waals surface area (Å²) in [7, 11) is 0. The second-order valence-corrected chi connectivity index (χ2v) is 4.63. The molecule has 0 fully saturated rings. The Kier molecular flexibility index (Phi) is 2.89. The topological polar surface area (TPSA) is 15.8 Å². The molecule has 0 radical (unpaired) electrons. The summed E-state index contributed by atoms with van der Waals surface area (Å²) >= 11 is 0. The third kappa shape index (κ3) is 1.82. The Labute approximate surface area is 107 Å². The molecule has 0 atom stereocenters. The van der Waals surface area contributed by atoms with Crippen LogP contribution in [0.25, 0.3) is 27.9 Å². The number of fused-ring (bicyclic) bond motifs is 3. The fourth-order valence-corrected chi connectivity index (χ4v) is 2.45. The molecule has 0 saturated carbocycles. The molecule has 1 nitrogen and oxygen atoms in total. The number of H-pyrrole nitrogens is 1. The lowest BCUT2D eigenvalue weighted by molar-refractivity contribution is 0.962. The first kappa shape index (κ1) is 11.1. The van der Waals surface area contributed by atoms with E-state index < -0.39 is 0 Å². The van der Waals surface area contributed by atoms with Gasteiger partial charge in [-0.15, -0.1) is 0 Å². The predicted molar refractivity (Wildman–Crippen MR) is 79.7 cm³/mol. The number of hydrogen-bond donors (Lipinski definition) is 1. The lowest BCUT2D eigenvalue weighted by Gasteiger charge is -1.98. The van der Waals surface area contributed by atoms with Gasteiger partial charge < -0.3 is 4.98 Å². The summed E-state index contributed by atoms with van der Waals surface area (Å²) in [6, 6.07) is 14.9. The van der Waals surface area contributed by atoms with Crippen molar-refractivity contribution in [3.63, 3.8) is 0 Å². The van der Waals surface area contributed by atoms with Crippen molar-refractivity contribution in [3.05, 3.63) is 54.1 Å². The lowest BCUT2D eigenvalue weighted by atomic mass is 10.1. The number of allylic oxidation sites excluding steroid dienone is 1.